The summed E-state index contributed by atoms with van der Waals surface area (Å²) in [5, 5.41) is 0.700. The minimum absolute atomic E-state index is 0.237. The molecule has 0 saturated heterocycles. The fourth-order valence-corrected chi connectivity index (χ4v) is 9.33. The lowest BCUT2D eigenvalue weighted by atomic mass is 9.62. The first-order valence-corrected chi connectivity index (χ1v) is 17.7. The molecular formula is C40H72S. The van der Waals surface area contributed by atoms with Gasteiger partial charge in [-0.2, -0.15) is 11.8 Å². The van der Waals surface area contributed by atoms with Crippen LogP contribution >= 0.6 is 11.8 Å². The molecular weight excluding hydrogens is 513 g/mol. The van der Waals surface area contributed by atoms with Crippen LogP contribution in [0.2, 0.25) is 0 Å². The van der Waals surface area contributed by atoms with Crippen LogP contribution in [0.15, 0.2) is 42.5 Å². The van der Waals surface area contributed by atoms with Crippen LogP contribution in [0.3, 0.4) is 0 Å². The second-order valence-corrected chi connectivity index (χ2v) is 20.7. The third kappa shape index (κ3) is 15.0. The Bertz CT molecular complexity index is 906. The van der Waals surface area contributed by atoms with Crippen LogP contribution in [-0.4, -0.2) is 10.00 Å². The molecule has 1 heteroatoms. The quantitative estimate of drug-likeness (QED) is 0.164. The molecule has 0 N–H and O–H groups in total. The normalized spacial score (nSPS) is 16.7. The smallest absolute Gasteiger partial charge is 0.00777 e. The summed E-state index contributed by atoms with van der Waals surface area (Å²) in [4.78, 5) is 0. The van der Waals surface area contributed by atoms with Gasteiger partial charge in [-0.05, 0) is 83.0 Å². The highest BCUT2D eigenvalue weighted by molar-refractivity contribution is 8.01. The van der Waals surface area contributed by atoms with E-state index < -0.39 is 0 Å². The minimum atomic E-state index is 0.237. The maximum absolute atomic E-state index is 2.53. The minimum Gasteiger partial charge on any atom is -0.153 e. The van der Waals surface area contributed by atoms with Crippen molar-refractivity contribution in [1.29, 1.82) is 0 Å². The van der Waals surface area contributed by atoms with Crippen LogP contribution in [0, 0.1) is 33.5 Å². The van der Waals surface area contributed by atoms with Gasteiger partial charge in [0, 0.05) is 10.00 Å². The monoisotopic (exact) mass is 585 g/mol. The second-order valence-electron chi connectivity index (χ2n) is 18.4. The zero-order valence-electron chi connectivity index (χ0n) is 30.6. The molecule has 41 heavy (non-hydrogen) atoms. The predicted octanol–water partition coefficient (Wildman–Crippen LogP) is 13.5. The molecule has 1 aromatic carbocycles. The molecule has 0 amide bonds. The van der Waals surface area contributed by atoms with Gasteiger partial charge in [-0.15, -0.1) is 0 Å². The summed E-state index contributed by atoms with van der Waals surface area (Å²) in [7, 11) is 0. The van der Waals surface area contributed by atoms with Crippen molar-refractivity contribution in [3.63, 3.8) is 0 Å². The van der Waals surface area contributed by atoms with Gasteiger partial charge in [-0.3, -0.25) is 0 Å². The fourth-order valence-electron chi connectivity index (χ4n) is 7.59. The van der Waals surface area contributed by atoms with Crippen molar-refractivity contribution in [1.82, 2.24) is 0 Å². The topological polar surface area (TPSA) is 0 Å². The Morgan fingerprint density at radius 2 is 1.27 bits per heavy atom. The first-order valence-electron chi connectivity index (χ1n) is 16.8. The Morgan fingerprint density at radius 3 is 1.80 bits per heavy atom. The van der Waals surface area contributed by atoms with Gasteiger partial charge in [0.05, 0.1) is 0 Å². The van der Waals surface area contributed by atoms with Gasteiger partial charge >= 0.3 is 0 Å². The molecule has 0 aliphatic heterocycles. The van der Waals surface area contributed by atoms with Gasteiger partial charge in [0.15, 0.2) is 0 Å². The van der Waals surface area contributed by atoms with E-state index in [2.05, 4.69) is 165 Å². The lowest BCUT2D eigenvalue weighted by Gasteiger charge is -2.43. The maximum atomic E-state index is 2.53. The van der Waals surface area contributed by atoms with Crippen molar-refractivity contribution >= 4 is 11.8 Å². The molecule has 0 radical (unpaired) electrons. The van der Waals surface area contributed by atoms with E-state index in [1.807, 2.05) is 0 Å². The van der Waals surface area contributed by atoms with Gasteiger partial charge in [0.1, 0.15) is 0 Å². The van der Waals surface area contributed by atoms with Crippen LogP contribution in [-0.2, 0) is 5.41 Å². The zero-order valence-corrected chi connectivity index (χ0v) is 31.4. The van der Waals surface area contributed by atoms with E-state index in [0.717, 1.165) is 12.3 Å². The molecule has 0 aliphatic rings. The highest BCUT2D eigenvalue weighted by Gasteiger charge is 2.37. The molecule has 0 bridgehead atoms. The molecule has 0 fully saturated rings. The first-order chi connectivity index (χ1) is 18.4. The van der Waals surface area contributed by atoms with E-state index >= 15 is 0 Å². The average Bonchev–Trinajstić information content (AvgIpc) is 2.75. The molecule has 0 heterocycles. The van der Waals surface area contributed by atoms with Crippen molar-refractivity contribution in [3.8, 4) is 0 Å². The second kappa shape index (κ2) is 14.9. The molecule has 0 spiro atoms. The number of benzene rings is 1. The van der Waals surface area contributed by atoms with E-state index in [9.17, 15) is 0 Å². The molecule has 0 nitrogen and oxygen atoms in total. The van der Waals surface area contributed by atoms with Crippen LogP contribution in [0.25, 0.3) is 0 Å². The number of hydrogen-bond donors (Lipinski definition) is 0. The highest BCUT2D eigenvalue weighted by Crippen LogP contribution is 2.47. The Morgan fingerprint density at radius 1 is 0.707 bits per heavy atom. The molecule has 0 saturated carbocycles. The van der Waals surface area contributed by atoms with Gasteiger partial charge in [0.25, 0.3) is 0 Å². The molecule has 3 unspecified atom stereocenters. The summed E-state index contributed by atoms with van der Waals surface area (Å²) >= 11 is 2.14. The van der Waals surface area contributed by atoms with Crippen LogP contribution in [0.1, 0.15) is 161 Å². The standard InChI is InChI=1S/C40H72S/c1-31(28-38(11,12)29-32(2)41-35(4,5)6)33(3)40(15,16)30-37(9,10)26-20-24-36(7,8)25-21-27-39(13,14)34-22-18-17-19-23-34/h17-20,22-24,31-33H,21,25-30H2,1-16H3/b24-20-. The molecule has 238 valence electrons. The van der Waals surface area contributed by atoms with Gasteiger partial charge in [0.2, 0.25) is 0 Å². The number of allylic oxidation sites excluding steroid dienone is 2. The lowest BCUT2D eigenvalue weighted by Crippen LogP contribution is -2.34. The van der Waals surface area contributed by atoms with Crippen LogP contribution in [0.4, 0.5) is 0 Å². The first kappa shape index (κ1) is 38.3. The molecule has 3 atom stereocenters. The van der Waals surface area contributed by atoms with Crippen molar-refractivity contribution < 1.29 is 0 Å². The van der Waals surface area contributed by atoms with E-state index in [1.165, 1.54) is 44.1 Å². The summed E-state index contributed by atoms with van der Waals surface area (Å²) < 4.78 is 0.338. The number of thioether (sulfide) groups is 1. The summed E-state index contributed by atoms with van der Waals surface area (Å²) in [6, 6.07) is 11.0. The van der Waals surface area contributed by atoms with Crippen molar-refractivity contribution in [2.75, 3.05) is 0 Å². The van der Waals surface area contributed by atoms with Crippen molar-refractivity contribution in [2.24, 2.45) is 33.5 Å². The number of hydrogen-bond acceptors (Lipinski definition) is 1. The number of rotatable bonds is 17. The summed E-state index contributed by atoms with van der Waals surface area (Å²) in [6.07, 6.45) is 13.8. The summed E-state index contributed by atoms with van der Waals surface area (Å²) in [5.41, 5.74) is 2.93. The van der Waals surface area contributed by atoms with Gasteiger partial charge in [-0.1, -0.05) is 160 Å². The average molecular weight is 585 g/mol. The molecule has 1 aromatic rings. The van der Waals surface area contributed by atoms with Crippen LogP contribution < -0.4 is 0 Å². The lowest BCUT2D eigenvalue weighted by molar-refractivity contribution is 0.0750. The molecule has 0 aliphatic carbocycles. The third-order valence-corrected chi connectivity index (χ3v) is 11.0. The highest BCUT2D eigenvalue weighted by atomic mass is 32.2. The Hall–Kier alpha value is -0.690. The van der Waals surface area contributed by atoms with Gasteiger partial charge in [-0.25, -0.2) is 0 Å². The summed E-state index contributed by atoms with van der Waals surface area (Å²) in [6.45, 7) is 39.2. The zero-order chi connectivity index (χ0) is 31.9. The van der Waals surface area contributed by atoms with Crippen molar-refractivity contribution in [3.05, 3.63) is 48.0 Å². The Kier molecular flexibility index (Phi) is 13.9. The van der Waals surface area contributed by atoms with E-state index in [4.69, 9.17) is 0 Å². The SMILES string of the molecule is CC(CC(C)(C)CC(C)C(C)C(C)(C)CC(C)(C)C/C=C\C(C)(C)CCCC(C)(C)c1ccccc1)SC(C)(C)C. The van der Waals surface area contributed by atoms with E-state index in [1.54, 1.807) is 0 Å². The fraction of sp³-hybridized carbons (Fsp3) is 0.800. The predicted molar refractivity (Wildman–Crippen MR) is 191 cm³/mol. The summed E-state index contributed by atoms with van der Waals surface area (Å²) in [5.74, 6) is 1.41. The van der Waals surface area contributed by atoms with E-state index in [0.29, 0.717) is 32.2 Å². The van der Waals surface area contributed by atoms with Crippen LogP contribution in [0.5, 0.6) is 0 Å². The largest absolute Gasteiger partial charge is 0.153 e. The van der Waals surface area contributed by atoms with Gasteiger partial charge < -0.3 is 0 Å². The Labute approximate surface area is 263 Å². The third-order valence-electron chi connectivity index (χ3n) is 9.71. The maximum Gasteiger partial charge on any atom is 0.00777 e. The molecule has 0 aromatic heterocycles. The molecule has 1 rings (SSSR count). The van der Waals surface area contributed by atoms with Crippen molar-refractivity contribution in [2.45, 2.75) is 171 Å². The Balaban J connectivity index is 2.67. The van der Waals surface area contributed by atoms with E-state index in [-0.39, 0.29) is 10.8 Å².